The van der Waals surface area contributed by atoms with Gasteiger partial charge in [0.1, 0.15) is 11.9 Å². The Morgan fingerprint density at radius 1 is 1.23 bits per heavy atom. The molecule has 0 aromatic carbocycles. The van der Waals surface area contributed by atoms with Gasteiger partial charge in [-0.3, -0.25) is 4.98 Å². The van der Waals surface area contributed by atoms with Crippen molar-refractivity contribution in [2.75, 3.05) is 26.2 Å². The maximum Gasteiger partial charge on any atom is 0.282 e. The largest absolute Gasteiger partial charge is 0.487 e. The maximum atomic E-state index is 12.7. The smallest absolute Gasteiger partial charge is 0.282 e. The molecule has 122 valence electrons. The van der Waals surface area contributed by atoms with Crippen molar-refractivity contribution in [1.29, 1.82) is 0 Å². The molecule has 22 heavy (non-hydrogen) atoms. The van der Waals surface area contributed by atoms with E-state index < -0.39 is 10.2 Å². The molecule has 0 spiro atoms. The van der Waals surface area contributed by atoms with Crippen molar-refractivity contribution >= 4 is 10.2 Å². The van der Waals surface area contributed by atoms with Gasteiger partial charge in [-0.15, -0.1) is 0 Å². The van der Waals surface area contributed by atoms with Crippen molar-refractivity contribution in [1.82, 2.24) is 13.6 Å². The monoisotopic (exact) mass is 325 g/mol. The Labute approximate surface area is 132 Å². The molecule has 2 atom stereocenters. The number of aromatic nitrogens is 1. The van der Waals surface area contributed by atoms with Crippen LogP contribution in [0.25, 0.3) is 0 Å². The number of ether oxygens (including phenoxy) is 1. The van der Waals surface area contributed by atoms with Gasteiger partial charge in [0.25, 0.3) is 10.2 Å². The lowest BCUT2D eigenvalue weighted by Crippen LogP contribution is -2.47. The fraction of sp³-hybridized carbons (Fsp3) is 0.667. The molecule has 1 aromatic rings. The number of pyridine rings is 1. The summed E-state index contributed by atoms with van der Waals surface area (Å²) < 4.78 is 34.4. The van der Waals surface area contributed by atoms with Crippen molar-refractivity contribution in [3.63, 3.8) is 0 Å². The summed E-state index contributed by atoms with van der Waals surface area (Å²) in [6.07, 6.45) is 6.03. The molecule has 0 amide bonds. The molecule has 0 saturated carbocycles. The lowest BCUT2D eigenvalue weighted by Gasteiger charge is -2.33. The summed E-state index contributed by atoms with van der Waals surface area (Å²) in [6.45, 7) is 4.32. The lowest BCUT2D eigenvalue weighted by atomic mass is 10.0. The normalized spacial score (nSPS) is 27.9. The average molecular weight is 325 g/mol. The summed E-state index contributed by atoms with van der Waals surface area (Å²) in [6, 6.07) is 3.66. The molecule has 1 aromatic heterocycles. The quantitative estimate of drug-likeness (QED) is 0.842. The Hall–Kier alpha value is -1.18. The summed E-state index contributed by atoms with van der Waals surface area (Å²) in [5, 5.41) is 0. The minimum absolute atomic E-state index is 0.0961. The molecule has 2 fully saturated rings. The summed E-state index contributed by atoms with van der Waals surface area (Å²) in [4.78, 5) is 4.01. The zero-order valence-electron chi connectivity index (χ0n) is 12.9. The van der Waals surface area contributed by atoms with Crippen LogP contribution in [0, 0.1) is 5.92 Å². The van der Waals surface area contributed by atoms with Crippen LogP contribution in [0.2, 0.25) is 0 Å². The Morgan fingerprint density at radius 3 is 2.77 bits per heavy atom. The Bertz CT molecular complexity index is 593. The van der Waals surface area contributed by atoms with E-state index in [1.807, 2.05) is 12.1 Å². The van der Waals surface area contributed by atoms with Gasteiger partial charge in [0.05, 0.1) is 12.7 Å². The number of piperidine rings is 1. The minimum Gasteiger partial charge on any atom is -0.487 e. The van der Waals surface area contributed by atoms with Crippen LogP contribution in [-0.2, 0) is 10.2 Å². The summed E-state index contributed by atoms with van der Waals surface area (Å²) in [5.41, 5.74) is 0. The first kappa shape index (κ1) is 15.7. The number of hydrogen-bond donors (Lipinski definition) is 0. The molecule has 2 saturated heterocycles. The molecule has 7 heteroatoms. The SMILES string of the molecule is C[C@@H]1CCCN(S(=O)(=O)N2CC[C@H](Oc3cccnc3)C2)C1. The van der Waals surface area contributed by atoms with E-state index in [4.69, 9.17) is 4.74 Å². The highest BCUT2D eigenvalue weighted by atomic mass is 32.2. The fourth-order valence-corrected chi connectivity index (χ4v) is 4.95. The van der Waals surface area contributed by atoms with Gasteiger partial charge in [-0.05, 0) is 37.3 Å². The number of rotatable bonds is 4. The summed E-state index contributed by atoms with van der Waals surface area (Å²) >= 11 is 0. The second-order valence-corrected chi connectivity index (χ2v) is 8.12. The van der Waals surface area contributed by atoms with E-state index in [0.717, 1.165) is 19.3 Å². The molecule has 0 aliphatic carbocycles. The molecular weight excluding hydrogens is 302 g/mol. The molecule has 0 N–H and O–H groups in total. The molecule has 2 aliphatic rings. The second kappa shape index (κ2) is 6.52. The van der Waals surface area contributed by atoms with Crippen molar-refractivity contribution in [2.45, 2.75) is 32.3 Å². The van der Waals surface area contributed by atoms with Gasteiger partial charge in [-0.2, -0.15) is 17.0 Å². The number of nitrogens with zero attached hydrogens (tertiary/aromatic N) is 3. The maximum absolute atomic E-state index is 12.7. The third kappa shape index (κ3) is 3.42. The van der Waals surface area contributed by atoms with Gasteiger partial charge < -0.3 is 4.74 Å². The van der Waals surface area contributed by atoms with Crippen LogP contribution >= 0.6 is 0 Å². The minimum atomic E-state index is -3.35. The van der Waals surface area contributed by atoms with Crippen molar-refractivity contribution < 1.29 is 13.2 Å². The topological polar surface area (TPSA) is 62.7 Å². The molecular formula is C15H23N3O3S. The predicted molar refractivity (Wildman–Crippen MR) is 83.7 cm³/mol. The van der Waals surface area contributed by atoms with E-state index >= 15 is 0 Å². The number of hydrogen-bond acceptors (Lipinski definition) is 4. The predicted octanol–water partition coefficient (Wildman–Crippen LogP) is 1.51. The standard InChI is InChI=1S/C15H23N3O3S/c1-13-4-3-8-17(11-13)22(19,20)18-9-6-15(12-18)21-14-5-2-7-16-10-14/h2,5,7,10,13,15H,3-4,6,8-9,11-12H2,1H3/t13-,15+/m1/s1. The Kier molecular flexibility index (Phi) is 4.65. The van der Waals surface area contributed by atoms with Gasteiger partial charge in [0.2, 0.25) is 0 Å². The third-order valence-corrected chi connectivity index (χ3v) is 6.29. The van der Waals surface area contributed by atoms with Crippen LogP contribution in [0.1, 0.15) is 26.2 Å². The van der Waals surface area contributed by atoms with Crippen LogP contribution in [-0.4, -0.2) is 54.3 Å². The van der Waals surface area contributed by atoms with Gasteiger partial charge >= 0.3 is 0 Å². The Morgan fingerprint density at radius 2 is 2.05 bits per heavy atom. The molecule has 2 aliphatic heterocycles. The van der Waals surface area contributed by atoms with Crippen molar-refractivity contribution in [2.24, 2.45) is 5.92 Å². The van der Waals surface area contributed by atoms with Crippen molar-refractivity contribution in [3.05, 3.63) is 24.5 Å². The van der Waals surface area contributed by atoms with Gasteiger partial charge in [0, 0.05) is 25.8 Å². The van der Waals surface area contributed by atoms with E-state index in [1.165, 1.54) is 0 Å². The molecule has 3 rings (SSSR count). The first-order valence-corrected chi connectivity index (χ1v) is 9.27. The van der Waals surface area contributed by atoms with Crippen LogP contribution in [0.5, 0.6) is 5.75 Å². The average Bonchev–Trinajstić information content (AvgIpc) is 2.97. The highest BCUT2D eigenvalue weighted by Crippen LogP contribution is 2.25. The highest BCUT2D eigenvalue weighted by molar-refractivity contribution is 7.86. The van der Waals surface area contributed by atoms with E-state index in [-0.39, 0.29) is 6.10 Å². The zero-order chi connectivity index (χ0) is 15.6. The summed E-state index contributed by atoms with van der Waals surface area (Å²) in [7, 11) is -3.35. The molecule has 3 heterocycles. The van der Waals surface area contributed by atoms with Gasteiger partial charge in [-0.1, -0.05) is 6.92 Å². The van der Waals surface area contributed by atoms with E-state index in [9.17, 15) is 8.42 Å². The van der Waals surface area contributed by atoms with E-state index in [1.54, 1.807) is 21.0 Å². The van der Waals surface area contributed by atoms with Crippen LogP contribution in [0.4, 0.5) is 0 Å². The third-order valence-electron chi connectivity index (χ3n) is 4.32. The molecule has 0 radical (unpaired) electrons. The highest BCUT2D eigenvalue weighted by Gasteiger charge is 2.37. The van der Waals surface area contributed by atoms with Gasteiger partial charge in [-0.25, -0.2) is 0 Å². The van der Waals surface area contributed by atoms with Crippen LogP contribution in [0.3, 0.4) is 0 Å². The van der Waals surface area contributed by atoms with Crippen LogP contribution < -0.4 is 4.74 Å². The summed E-state index contributed by atoms with van der Waals surface area (Å²) in [5.74, 6) is 1.13. The van der Waals surface area contributed by atoms with Crippen LogP contribution in [0.15, 0.2) is 24.5 Å². The second-order valence-electron chi connectivity index (χ2n) is 6.19. The molecule has 0 unspecified atom stereocenters. The first-order chi connectivity index (χ1) is 10.6. The Balaban J connectivity index is 1.61. The van der Waals surface area contributed by atoms with E-state index in [0.29, 0.717) is 37.8 Å². The molecule has 6 nitrogen and oxygen atoms in total. The van der Waals surface area contributed by atoms with Gasteiger partial charge in [0.15, 0.2) is 0 Å². The lowest BCUT2D eigenvalue weighted by molar-refractivity contribution is 0.210. The zero-order valence-corrected chi connectivity index (χ0v) is 13.7. The van der Waals surface area contributed by atoms with Crippen molar-refractivity contribution in [3.8, 4) is 5.75 Å². The van der Waals surface area contributed by atoms with E-state index in [2.05, 4.69) is 11.9 Å². The first-order valence-electron chi connectivity index (χ1n) is 7.87. The molecule has 0 bridgehead atoms. The fourth-order valence-electron chi connectivity index (χ4n) is 3.13.